The molecule has 0 saturated carbocycles. The number of benzene rings is 2. The lowest BCUT2D eigenvalue weighted by Crippen LogP contribution is -2.26. The summed E-state index contributed by atoms with van der Waals surface area (Å²) in [6.45, 7) is 18.5. The molecule has 0 aliphatic heterocycles. The van der Waals surface area contributed by atoms with Crippen LogP contribution in [0.2, 0.25) is 0 Å². The zero-order chi connectivity index (χ0) is 25.9. The summed E-state index contributed by atoms with van der Waals surface area (Å²) in [5.74, 6) is 0.244. The maximum atomic E-state index is 14.2. The summed E-state index contributed by atoms with van der Waals surface area (Å²) in [4.78, 5) is 2.09. The van der Waals surface area contributed by atoms with E-state index in [2.05, 4.69) is 72.4 Å². The van der Waals surface area contributed by atoms with Crippen molar-refractivity contribution in [2.24, 2.45) is 0 Å². The average Bonchev–Trinajstić information content (AvgIpc) is 2.68. The zero-order valence-electron chi connectivity index (χ0n) is 23.2. The Labute approximate surface area is 210 Å². The SMILES string of the molecule is CCCCCC(C)(Pc1ccc(F)cc1CN(C)C)c1cc(C(C)(C)C)cc(C(C)(C)C)c1O. The van der Waals surface area contributed by atoms with Crippen LogP contribution in [-0.2, 0) is 22.5 Å². The number of hydrogen-bond donors (Lipinski definition) is 1. The summed E-state index contributed by atoms with van der Waals surface area (Å²) in [7, 11) is 4.48. The van der Waals surface area contributed by atoms with Gasteiger partial charge in [0.1, 0.15) is 11.6 Å². The summed E-state index contributed by atoms with van der Waals surface area (Å²) in [5, 5.41) is 12.6. The van der Waals surface area contributed by atoms with Gasteiger partial charge in [-0.05, 0) is 65.5 Å². The molecule has 2 rings (SSSR count). The van der Waals surface area contributed by atoms with Crippen molar-refractivity contribution in [3.8, 4) is 5.75 Å². The van der Waals surface area contributed by atoms with Crippen LogP contribution in [0.15, 0.2) is 30.3 Å². The molecule has 0 fully saturated rings. The van der Waals surface area contributed by atoms with Gasteiger partial charge in [0.15, 0.2) is 0 Å². The molecule has 0 amide bonds. The number of hydrogen-bond acceptors (Lipinski definition) is 2. The van der Waals surface area contributed by atoms with Crippen molar-refractivity contribution in [1.82, 2.24) is 4.90 Å². The van der Waals surface area contributed by atoms with E-state index in [4.69, 9.17) is 0 Å². The standard InChI is InChI=1S/C30H47FNOP/c1-11-12-13-16-30(8,34-26-15-14-23(31)17-21(26)20-32(9)10)25-19-22(28(2,3)4)18-24(27(25)33)29(5,6)7/h14-15,17-19,33-34H,11-13,16,20H2,1-10H3. The van der Waals surface area contributed by atoms with E-state index in [0.29, 0.717) is 20.9 Å². The highest BCUT2D eigenvalue weighted by Crippen LogP contribution is 2.51. The number of aromatic hydroxyl groups is 1. The minimum Gasteiger partial charge on any atom is -0.507 e. The van der Waals surface area contributed by atoms with Crippen molar-refractivity contribution in [3.63, 3.8) is 0 Å². The van der Waals surface area contributed by atoms with Gasteiger partial charge in [0.2, 0.25) is 0 Å². The van der Waals surface area contributed by atoms with Gasteiger partial charge in [-0.3, -0.25) is 0 Å². The molecule has 0 aliphatic rings. The second kappa shape index (κ2) is 11.1. The molecule has 190 valence electrons. The largest absolute Gasteiger partial charge is 0.507 e. The molecule has 2 unspecified atom stereocenters. The van der Waals surface area contributed by atoms with E-state index >= 15 is 0 Å². The van der Waals surface area contributed by atoms with E-state index in [0.717, 1.165) is 36.0 Å². The van der Waals surface area contributed by atoms with Crippen molar-refractivity contribution in [3.05, 3.63) is 58.4 Å². The predicted octanol–water partition coefficient (Wildman–Crippen LogP) is 7.99. The van der Waals surface area contributed by atoms with Crippen LogP contribution in [0.4, 0.5) is 4.39 Å². The summed E-state index contributed by atoms with van der Waals surface area (Å²) in [5.41, 5.74) is 4.15. The number of unbranched alkanes of at least 4 members (excludes halogenated alkanes) is 2. The lowest BCUT2D eigenvalue weighted by Gasteiger charge is -2.36. The number of halogens is 1. The topological polar surface area (TPSA) is 23.5 Å². The van der Waals surface area contributed by atoms with E-state index in [-0.39, 0.29) is 21.8 Å². The first kappa shape index (κ1) is 28.8. The fourth-order valence-corrected chi connectivity index (χ4v) is 6.21. The van der Waals surface area contributed by atoms with Crippen LogP contribution in [-0.4, -0.2) is 24.1 Å². The monoisotopic (exact) mass is 487 g/mol. The molecule has 0 saturated heterocycles. The third kappa shape index (κ3) is 7.28. The molecule has 4 heteroatoms. The molecule has 2 aromatic rings. The summed E-state index contributed by atoms with van der Waals surface area (Å²) >= 11 is 0. The Hall–Kier alpha value is -1.44. The van der Waals surface area contributed by atoms with Crippen LogP contribution in [0.3, 0.4) is 0 Å². The van der Waals surface area contributed by atoms with Gasteiger partial charge in [0.05, 0.1) is 0 Å². The zero-order valence-corrected chi connectivity index (χ0v) is 24.2. The van der Waals surface area contributed by atoms with Crippen molar-refractivity contribution in [1.29, 1.82) is 0 Å². The van der Waals surface area contributed by atoms with E-state index in [9.17, 15) is 9.50 Å². The van der Waals surface area contributed by atoms with Gasteiger partial charge in [-0.1, -0.05) is 101 Å². The molecule has 1 N–H and O–H groups in total. The van der Waals surface area contributed by atoms with Crippen LogP contribution < -0.4 is 5.30 Å². The lowest BCUT2D eigenvalue weighted by molar-refractivity contribution is 0.402. The van der Waals surface area contributed by atoms with Crippen molar-refractivity contribution >= 4 is 13.9 Å². The molecular formula is C30H47FNOP. The summed E-state index contributed by atoms with van der Waals surface area (Å²) < 4.78 is 14.2. The molecule has 0 aliphatic carbocycles. The summed E-state index contributed by atoms with van der Waals surface area (Å²) in [6.07, 6.45) is 4.42. The maximum Gasteiger partial charge on any atom is 0.123 e. The Balaban J connectivity index is 2.74. The molecule has 2 aromatic carbocycles. The molecule has 0 heterocycles. The van der Waals surface area contributed by atoms with Crippen LogP contribution >= 0.6 is 8.58 Å². The molecule has 0 bridgehead atoms. The number of phenols is 1. The number of nitrogens with zero attached hydrogens (tertiary/aromatic N) is 1. The van der Waals surface area contributed by atoms with E-state index in [1.807, 2.05) is 20.2 Å². The molecule has 34 heavy (non-hydrogen) atoms. The number of phenolic OH excluding ortho intramolecular Hbond substituents is 1. The van der Waals surface area contributed by atoms with Crippen LogP contribution in [0.5, 0.6) is 5.75 Å². The van der Waals surface area contributed by atoms with Gasteiger partial charge in [0.25, 0.3) is 0 Å². The summed E-state index contributed by atoms with van der Waals surface area (Å²) in [6, 6.07) is 9.67. The van der Waals surface area contributed by atoms with Gasteiger partial charge in [0, 0.05) is 17.3 Å². The first-order valence-electron chi connectivity index (χ1n) is 12.7. The van der Waals surface area contributed by atoms with E-state index in [1.165, 1.54) is 17.3 Å². The Morgan fingerprint density at radius 1 is 0.882 bits per heavy atom. The van der Waals surface area contributed by atoms with E-state index in [1.54, 1.807) is 12.1 Å². The Bertz CT molecular complexity index is 971. The van der Waals surface area contributed by atoms with Gasteiger partial charge in [-0.2, -0.15) is 0 Å². The van der Waals surface area contributed by atoms with Crippen LogP contribution in [0.25, 0.3) is 0 Å². The average molecular weight is 488 g/mol. The third-order valence-electron chi connectivity index (χ3n) is 6.62. The minimum absolute atomic E-state index is 0.0259. The molecule has 0 radical (unpaired) electrons. The van der Waals surface area contributed by atoms with Crippen molar-refractivity contribution in [2.75, 3.05) is 14.1 Å². The van der Waals surface area contributed by atoms with Crippen molar-refractivity contribution < 1.29 is 9.50 Å². The highest BCUT2D eigenvalue weighted by Gasteiger charge is 2.35. The lowest BCUT2D eigenvalue weighted by atomic mass is 9.77. The van der Waals surface area contributed by atoms with Gasteiger partial charge < -0.3 is 10.0 Å². The normalized spacial score (nSPS) is 14.8. The fourth-order valence-electron chi connectivity index (χ4n) is 4.51. The van der Waals surface area contributed by atoms with Gasteiger partial charge in [-0.15, -0.1) is 0 Å². The van der Waals surface area contributed by atoms with Crippen LogP contribution in [0, 0.1) is 5.82 Å². The highest BCUT2D eigenvalue weighted by atomic mass is 31.1. The maximum absolute atomic E-state index is 14.2. The Kier molecular flexibility index (Phi) is 9.39. The molecule has 0 spiro atoms. The first-order chi connectivity index (χ1) is 15.6. The smallest absolute Gasteiger partial charge is 0.123 e. The molecule has 0 aromatic heterocycles. The second-order valence-electron chi connectivity index (χ2n) is 12.4. The molecule has 2 nitrogen and oxygen atoms in total. The molecule has 2 atom stereocenters. The quantitative estimate of drug-likeness (QED) is 0.286. The van der Waals surface area contributed by atoms with E-state index < -0.39 is 0 Å². The Morgan fingerprint density at radius 3 is 2.03 bits per heavy atom. The second-order valence-corrected chi connectivity index (χ2v) is 14.3. The minimum atomic E-state index is -0.237. The Morgan fingerprint density at radius 2 is 1.50 bits per heavy atom. The van der Waals surface area contributed by atoms with Gasteiger partial charge >= 0.3 is 0 Å². The van der Waals surface area contributed by atoms with Gasteiger partial charge in [-0.25, -0.2) is 4.39 Å². The van der Waals surface area contributed by atoms with Crippen molar-refractivity contribution in [2.45, 2.75) is 104 Å². The fraction of sp³-hybridized carbons (Fsp3) is 0.600. The highest BCUT2D eigenvalue weighted by molar-refractivity contribution is 7.48. The number of rotatable bonds is 9. The third-order valence-corrected chi connectivity index (χ3v) is 8.45. The first-order valence-corrected chi connectivity index (χ1v) is 13.7. The molecular weight excluding hydrogens is 440 g/mol. The van der Waals surface area contributed by atoms with Crippen LogP contribution in [0.1, 0.15) is 103 Å². The predicted molar refractivity (Wildman–Crippen MR) is 149 cm³/mol.